The summed E-state index contributed by atoms with van der Waals surface area (Å²) in [5, 5.41) is 27.7. The molecule has 0 spiro atoms. The number of fused-ring (bicyclic) bond motifs is 3. The van der Waals surface area contributed by atoms with Crippen LogP contribution in [0.2, 0.25) is 5.02 Å². The van der Waals surface area contributed by atoms with E-state index in [1.165, 1.54) is 28.8 Å². The zero-order valence-corrected chi connectivity index (χ0v) is 35.7. The zero-order chi connectivity index (χ0) is 45.7. The van der Waals surface area contributed by atoms with Gasteiger partial charge in [0, 0.05) is 79.8 Å². The summed E-state index contributed by atoms with van der Waals surface area (Å²) in [6.45, 7) is 1.19. The minimum atomic E-state index is -0.369. The summed E-state index contributed by atoms with van der Waals surface area (Å²) in [4.78, 5) is 64.0. The van der Waals surface area contributed by atoms with E-state index in [0.29, 0.717) is 99.9 Å². The van der Waals surface area contributed by atoms with Crippen LogP contribution in [0.15, 0.2) is 148 Å². The van der Waals surface area contributed by atoms with E-state index in [-0.39, 0.29) is 48.0 Å². The van der Waals surface area contributed by atoms with Crippen LogP contribution < -0.4 is 16.7 Å². The van der Waals surface area contributed by atoms with Crippen LogP contribution in [0.1, 0.15) is 19.3 Å². The van der Waals surface area contributed by atoms with Crippen molar-refractivity contribution in [2.24, 2.45) is 0 Å². The minimum Gasteiger partial charge on any atom is -0.396 e. The van der Waals surface area contributed by atoms with Crippen LogP contribution in [0.5, 0.6) is 0 Å². The van der Waals surface area contributed by atoms with Gasteiger partial charge in [-0.2, -0.15) is 0 Å². The van der Waals surface area contributed by atoms with Crippen LogP contribution in [0.4, 0.5) is 4.39 Å². The molecule has 0 aliphatic carbocycles. The van der Waals surface area contributed by atoms with Crippen molar-refractivity contribution < 1.29 is 19.7 Å². The van der Waals surface area contributed by atoms with E-state index in [1.54, 1.807) is 76.3 Å². The Labute approximate surface area is 375 Å². The summed E-state index contributed by atoms with van der Waals surface area (Å²) in [6.07, 6.45) is 6.29. The van der Waals surface area contributed by atoms with Crippen LogP contribution in [0, 0.1) is 5.82 Å². The molecule has 9 aromatic rings. The van der Waals surface area contributed by atoms with Crippen molar-refractivity contribution in [1.82, 2.24) is 43.6 Å². The lowest BCUT2D eigenvalue weighted by molar-refractivity contribution is 0.279. The first-order valence-electron chi connectivity index (χ1n) is 20.7. The molecule has 0 aliphatic rings. The second kappa shape index (κ2) is 21.8. The number of aromatic nitrogens is 9. The summed E-state index contributed by atoms with van der Waals surface area (Å²) in [6, 6.07) is 32.7. The zero-order valence-electron chi connectivity index (χ0n) is 34.9. The van der Waals surface area contributed by atoms with Gasteiger partial charge < -0.3 is 15.3 Å². The van der Waals surface area contributed by atoms with Crippen molar-refractivity contribution in [3.63, 3.8) is 0 Å². The van der Waals surface area contributed by atoms with E-state index < -0.39 is 0 Å². The Balaban J connectivity index is 0.000000145. The number of hydrogen-bond acceptors (Lipinski definition) is 12. The summed E-state index contributed by atoms with van der Waals surface area (Å²) < 4.78 is 17.7. The summed E-state index contributed by atoms with van der Waals surface area (Å²) in [5.41, 5.74) is 5.81. The Hall–Kier alpha value is -7.37. The van der Waals surface area contributed by atoms with E-state index in [2.05, 4.69) is 29.9 Å². The van der Waals surface area contributed by atoms with Crippen molar-refractivity contribution in [2.75, 3.05) is 19.8 Å². The Kier molecular flexibility index (Phi) is 15.3. The number of benzene rings is 3. The van der Waals surface area contributed by atoms with Crippen LogP contribution in [0.3, 0.4) is 0 Å². The summed E-state index contributed by atoms with van der Waals surface area (Å²) >= 11 is 5.89. The number of hydrogen-bond donors (Lipinski definition) is 3. The predicted octanol–water partition coefficient (Wildman–Crippen LogP) is 6.32. The molecule has 330 valence electrons. The number of halogens is 2. The maximum Gasteiger partial charge on any atom is 0.278 e. The van der Waals surface area contributed by atoms with Gasteiger partial charge in [0.05, 0.1) is 0 Å². The smallest absolute Gasteiger partial charge is 0.278 e. The standard InChI is InChI=1S/C16H14ClN3O2.C16H14FN3O2.C16H15N3O2/c2*17-12-6-4-11(5-7-12)14-16(22)20(9-2-10-21)15-13(19-14)3-1-8-18-15;20-11-5-10-19-15-13(8-4-9-17-15)18-14(16(19)21)12-6-2-1-3-7-12/h2*1,3-8,21H,2,9-10H2;1-4,6-9,20H,5,10-11H2. The average molecular weight is 896 g/mol. The molecule has 65 heavy (non-hydrogen) atoms. The molecule has 0 unspecified atom stereocenters. The van der Waals surface area contributed by atoms with Gasteiger partial charge in [-0.1, -0.05) is 54.1 Å². The van der Waals surface area contributed by atoms with Gasteiger partial charge in [0.1, 0.15) is 39.4 Å². The predicted molar refractivity (Wildman–Crippen MR) is 248 cm³/mol. The van der Waals surface area contributed by atoms with Gasteiger partial charge in [0.2, 0.25) is 0 Å². The number of rotatable bonds is 12. The number of aryl methyl sites for hydroxylation is 3. The molecule has 6 aromatic heterocycles. The molecule has 0 aliphatic heterocycles. The summed E-state index contributed by atoms with van der Waals surface area (Å²) in [7, 11) is 0. The second-order valence-corrected chi connectivity index (χ2v) is 14.8. The quantitative estimate of drug-likeness (QED) is 0.123. The molecule has 0 atom stereocenters. The average Bonchev–Trinajstić information content (AvgIpc) is 3.34. The molecule has 3 aromatic carbocycles. The lowest BCUT2D eigenvalue weighted by Crippen LogP contribution is -2.25. The van der Waals surface area contributed by atoms with Gasteiger partial charge in [-0.15, -0.1) is 0 Å². The maximum atomic E-state index is 13.1. The lowest BCUT2D eigenvalue weighted by atomic mass is 10.1. The second-order valence-electron chi connectivity index (χ2n) is 14.4. The van der Waals surface area contributed by atoms with Gasteiger partial charge in [0.25, 0.3) is 16.7 Å². The molecule has 0 radical (unpaired) electrons. The Bertz CT molecular complexity index is 3080. The number of pyridine rings is 3. The van der Waals surface area contributed by atoms with Crippen molar-refractivity contribution in [2.45, 2.75) is 38.9 Å². The van der Waals surface area contributed by atoms with Gasteiger partial charge >= 0.3 is 0 Å². The monoisotopic (exact) mass is 895 g/mol. The highest BCUT2D eigenvalue weighted by Crippen LogP contribution is 2.21. The first-order valence-corrected chi connectivity index (χ1v) is 21.1. The normalized spacial score (nSPS) is 11.0. The molecule has 0 fully saturated rings. The number of nitrogens with zero attached hydrogens (tertiary/aromatic N) is 9. The maximum absolute atomic E-state index is 13.1. The molecule has 0 saturated carbocycles. The van der Waals surface area contributed by atoms with E-state index in [1.807, 2.05) is 42.5 Å². The Morgan fingerprint density at radius 2 is 0.785 bits per heavy atom. The number of aliphatic hydroxyl groups is 3. The highest BCUT2D eigenvalue weighted by Gasteiger charge is 2.16. The molecule has 9 rings (SSSR count). The lowest BCUT2D eigenvalue weighted by Gasteiger charge is -2.11. The molecular weight excluding hydrogens is 853 g/mol. The Morgan fingerprint density at radius 1 is 0.446 bits per heavy atom. The molecule has 3 N–H and O–H groups in total. The fraction of sp³-hybridized carbons (Fsp3) is 0.188. The van der Waals surface area contributed by atoms with E-state index in [0.717, 1.165) is 5.56 Å². The molecule has 15 nitrogen and oxygen atoms in total. The van der Waals surface area contributed by atoms with Crippen molar-refractivity contribution >= 4 is 45.1 Å². The third-order valence-electron chi connectivity index (χ3n) is 10.0. The fourth-order valence-corrected chi connectivity index (χ4v) is 7.04. The van der Waals surface area contributed by atoms with Gasteiger partial charge in [-0.05, 0) is 92.1 Å². The Morgan fingerprint density at radius 3 is 1.14 bits per heavy atom. The molecule has 0 saturated heterocycles. The topological polar surface area (TPSA) is 204 Å². The number of aliphatic hydroxyl groups excluding tert-OH is 3. The van der Waals surface area contributed by atoms with Crippen LogP contribution in [-0.2, 0) is 19.6 Å². The van der Waals surface area contributed by atoms with E-state index in [4.69, 9.17) is 26.9 Å². The molecule has 0 amide bonds. The van der Waals surface area contributed by atoms with E-state index >= 15 is 0 Å². The minimum absolute atomic E-state index is 0.0133. The van der Waals surface area contributed by atoms with Crippen LogP contribution in [0.25, 0.3) is 67.3 Å². The molecular formula is C48H43ClFN9O6. The SMILES string of the molecule is O=c1c(-c2ccc(Cl)cc2)nc2cccnc2n1CCCO.O=c1c(-c2ccc(F)cc2)nc2cccnc2n1CCCO.O=c1c(-c2ccccc2)nc2cccnc2n1CCCO. The van der Waals surface area contributed by atoms with Gasteiger partial charge in [-0.3, -0.25) is 28.1 Å². The largest absolute Gasteiger partial charge is 0.396 e. The first kappa shape index (κ1) is 45.6. The highest BCUT2D eigenvalue weighted by atomic mass is 35.5. The van der Waals surface area contributed by atoms with Crippen molar-refractivity contribution in [3.8, 4) is 33.8 Å². The van der Waals surface area contributed by atoms with E-state index in [9.17, 15) is 18.8 Å². The van der Waals surface area contributed by atoms with Crippen LogP contribution in [-0.4, -0.2) is 78.7 Å². The molecule has 6 heterocycles. The van der Waals surface area contributed by atoms with Crippen molar-refractivity contribution in [1.29, 1.82) is 0 Å². The molecule has 17 heteroatoms. The van der Waals surface area contributed by atoms with Crippen LogP contribution >= 0.6 is 11.6 Å². The van der Waals surface area contributed by atoms with Gasteiger partial charge in [-0.25, -0.2) is 34.3 Å². The van der Waals surface area contributed by atoms with Crippen molar-refractivity contribution in [3.05, 3.63) is 176 Å². The van der Waals surface area contributed by atoms with Gasteiger partial charge in [0.15, 0.2) is 16.9 Å². The fourth-order valence-electron chi connectivity index (χ4n) is 6.91. The first-order chi connectivity index (χ1) is 31.7. The third-order valence-corrected chi connectivity index (χ3v) is 10.3. The summed E-state index contributed by atoms with van der Waals surface area (Å²) in [5.74, 6) is -0.369. The highest BCUT2D eigenvalue weighted by molar-refractivity contribution is 6.30. The third kappa shape index (κ3) is 10.7. The molecule has 0 bridgehead atoms.